The number of halogens is 1. The first-order chi connectivity index (χ1) is 16.1. The molecular formula is C27H31ClN2O4S. The Kier molecular flexibility index (Phi) is 7.34. The normalized spacial score (nSPS) is 15.8. The largest absolute Gasteiger partial charge is 0.507 e. The molecule has 2 aromatic rings. The maximum atomic E-state index is 13.6. The van der Waals surface area contributed by atoms with Crippen molar-refractivity contribution in [2.75, 3.05) is 18.6 Å². The van der Waals surface area contributed by atoms with E-state index in [2.05, 4.69) is 0 Å². The van der Waals surface area contributed by atoms with Crippen molar-refractivity contribution >= 4 is 52.6 Å². The van der Waals surface area contributed by atoms with Gasteiger partial charge in [-0.2, -0.15) is 0 Å². The van der Waals surface area contributed by atoms with Crippen LogP contribution < -0.4 is 4.90 Å². The third-order valence-electron chi connectivity index (χ3n) is 5.79. The van der Waals surface area contributed by atoms with Gasteiger partial charge in [-0.15, -0.1) is 0 Å². The predicted octanol–water partition coefficient (Wildman–Crippen LogP) is 5.79. The highest BCUT2D eigenvalue weighted by molar-refractivity contribution is 7.80. The van der Waals surface area contributed by atoms with Crippen molar-refractivity contribution in [1.29, 1.82) is 0 Å². The average molecular weight is 515 g/mol. The van der Waals surface area contributed by atoms with E-state index in [-0.39, 0.29) is 39.8 Å². The fourth-order valence-electron chi connectivity index (χ4n) is 3.89. The number of phenols is 1. The molecule has 8 heteroatoms. The minimum absolute atomic E-state index is 0.167. The Morgan fingerprint density at radius 1 is 1.06 bits per heavy atom. The van der Waals surface area contributed by atoms with Crippen molar-refractivity contribution in [2.24, 2.45) is 0 Å². The summed E-state index contributed by atoms with van der Waals surface area (Å²) in [4.78, 5) is 28.6. The Labute approximate surface area is 217 Å². The average Bonchev–Trinajstić information content (AvgIpc) is 2.97. The summed E-state index contributed by atoms with van der Waals surface area (Å²) in [6, 6.07) is 10.5. The summed E-state index contributed by atoms with van der Waals surface area (Å²) in [5.41, 5.74) is 2.35. The summed E-state index contributed by atoms with van der Waals surface area (Å²) in [6.45, 7) is 11.9. The third kappa shape index (κ3) is 5.52. The highest BCUT2D eigenvalue weighted by atomic mass is 35.5. The molecule has 3 rings (SSSR count). The number of methoxy groups -OCH3 is 1. The maximum absolute atomic E-state index is 13.6. The summed E-state index contributed by atoms with van der Waals surface area (Å²) in [6.07, 6.45) is 1.71. The lowest BCUT2D eigenvalue weighted by atomic mass is 9.78. The fraction of sp³-hybridized carbons (Fsp3) is 0.370. The van der Waals surface area contributed by atoms with E-state index in [1.165, 1.54) is 16.9 Å². The van der Waals surface area contributed by atoms with Crippen molar-refractivity contribution in [3.05, 3.63) is 63.8 Å². The number of carbonyl (C=O) groups excluding carboxylic acids is 2. The van der Waals surface area contributed by atoms with Gasteiger partial charge in [-0.25, -0.2) is 0 Å². The summed E-state index contributed by atoms with van der Waals surface area (Å²) < 4.78 is 4.85. The van der Waals surface area contributed by atoms with Gasteiger partial charge >= 0.3 is 5.97 Å². The Balaban J connectivity index is 2.21. The number of hydrogen-bond donors (Lipinski definition) is 1. The van der Waals surface area contributed by atoms with Gasteiger partial charge in [-0.3, -0.25) is 14.5 Å². The van der Waals surface area contributed by atoms with Crippen molar-refractivity contribution in [3.8, 4) is 5.75 Å². The molecule has 1 aliphatic heterocycles. The van der Waals surface area contributed by atoms with Crippen LogP contribution >= 0.6 is 23.8 Å². The van der Waals surface area contributed by atoms with Crippen molar-refractivity contribution in [3.63, 3.8) is 0 Å². The van der Waals surface area contributed by atoms with Gasteiger partial charge in [0.05, 0.1) is 12.8 Å². The number of hydrogen-bond acceptors (Lipinski definition) is 5. The molecule has 1 aliphatic rings. The van der Waals surface area contributed by atoms with Gasteiger partial charge in [0.1, 0.15) is 18.0 Å². The molecule has 0 aliphatic carbocycles. The second-order valence-electron chi connectivity index (χ2n) is 10.6. The SMILES string of the molecule is COC(=O)CN1C(=S)N(c2ccc(Cl)cc2)C(=O)/C1=C/c1cc(C(C)(C)C)c(O)c(C(C)(C)C)c1. The van der Waals surface area contributed by atoms with Crippen molar-refractivity contribution in [1.82, 2.24) is 4.90 Å². The predicted molar refractivity (Wildman–Crippen MR) is 144 cm³/mol. The molecule has 186 valence electrons. The molecule has 0 aromatic heterocycles. The molecule has 0 unspecified atom stereocenters. The molecule has 1 saturated heterocycles. The van der Waals surface area contributed by atoms with Gasteiger partial charge < -0.3 is 14.7 Å². The Hall–Kier alpha value is -2.90. The van der Waals surface area contributed by atoms with Crippen LogP contribution in [-0.2, 0) is 25.2 Å². The van der Waals surface area contributed by atoms with E-state index in [1.807, 2.05) is 53.7 Å². The maximum Gasteiger partial charge on any atom is 0.325 e. The molecule has 35 heavy (non-hydrogen) atoms. The molecular weight excluding hydrogens is 484 g/mol. The topological polar surface area (TPSA) is 70.1 Å². The van der Waals surface area contributed by atoms with E-state index in [9.17, 15) is 14.7 Å². The van der Waals surface area contributed by atoms with Crippen LogP contribution in [0.1, 0.15) is 58.2 Å². The van der Waals surface area contributed by atoms with Crippen molar-refractivity contribution in [2.45, 2.75) is 52.4 Å². The molecule has 0 atom stereocenters. The zero-order valence-electron chi connectivity index (χ0n) is 21.1. The van der Waals surface area contributed by atoms with E-state index in [0.717, 1.165) is 16.7 Å². The highest BCUT2D eigenvalue weighted by Gasteiger charge is 2.40. The minimum atomic E-state index is -0.527. The molecule has 1 fully saturated rings. The zero-order chi connectivity index (χ0) is 26.3. The molecule has 1 heterocycles. The number of anilines is 1. The standard InChI is InChI=1S/C27H31ClN2O4S/c1-26(2,3)19-12-16(13-20(23(19)32)27(4,5)6)14-21-24(33)30(18-10-8-17(28)9-11-18)25(35)29(21)15-22(31)34-7/h8-14,32H,15H2,1-7H3/b21-14-. The van der Waals surface area contributed by atoms with E-state index >= 15 is 0 Å². The molecule has 1 N–H and O–H groups in total. The number of phenolic OH excluding ortho intramolecular Hbond substituents is 1. The minimum Gasteiger partial charge on any atom is -0.507 e. The quantitative estimate of drug-likeness (QED) is 0.316. The van der Waals surface area contributed by atoms with Crippen LogP contribution in [0.3, 0.4) is 0 Å². The number of benzene rings is 2. The van der Waals surface area contributed by atoms with E-state index in [0.29, 0.717) is 10.7 Å². The molecule has 0 radical (unpaired) electrons. The van der Waals surface area contributed by atoms with Gasteiger partial charge in [-0.1, -0.05) is 53.1 Å². The lowest BCUT2D eigenvalue weighted by molar-refractivity contribution is -0.140. The monoisotopic (exact) mass is 514 g/mol. The van der Waals surface area contributed by atoms with Crippen molar-refractivity contribution < 1.29 is 19.4 Å². The number of amides is 1. The lowest BCUT2D eigenvalue weighted by Crippen LogP contribution is -2.35. The van der Waals surface area contributed by atoms with Crippen LogP contribution in [0, 0.1) is 0 Å². The number of thiocarbonyl (C=S) groups is 1. The Morgan fingerprint density at radius 2 is 1.57 bits per heavy atom. The summed E-state index contributed by atoms with van der Waals surface area (Å²) in [7, 11) is 1.29. The first kappa shape index (κ1) is 26.7. The van der Waals surface area contributed by atoms with E-state index in [4.69, 9.17) is 28.6 Å². The van der Waals surface area contributed by atoms with Gasteiger partial charge in [0, 0.05) is 16.1 Å². The van der Waals surface area contributed by atoms with Crippen LogP contribution in [0.5, 0.6) is 5.75 Å². The summed E-state index contributed by atoms with van der Waals surface area (Å²) >= 11 is 11.6. The fourth-order valence-corrected chi connectivity index (χ4v) is 4.36. The van der Waals surface area contributed by atoms with Gasteiger partial charge in [0.15, 0.2) is 5.11 Å². The number of carbonyl (C=O) groups is 2. The Morgan fingerprint density at radius 3 is 2.03 bits per heavy atom. The second-order valence-corrected chi connectivity index (χ2v) is 11.4. The molecule has 2 aromatic carbocycles. The van der Waals surface area contributed by atoms with Crippen LogP contribution in [0.15, 0.2) is 42.1 Å². The van der Waals surface area contributed by atoms with Gasteiger partial charge in [0.25, 0.3) is 5.91 Å². The zero-order valence-corrected chi connectivity index (χ0v) is 22.7. The summed E-state index contributed by atoms with van der Waals surface area (Å²) in [5.74, 6) is -0.654. The Bertz CT molecular complexity index is 1170. The number of esters is 1. The van der Waals surface area contributed by atoms with E-state index in [1.54, 1.807) is 30.3 Å². The van der Waals surface area contributed by atoms with Gasteiger partial charge in [-0.05, 0) is 71.1 Å². The van der Waals surface area contributed by atoms with Crippen LogP contribution in [0.25, 0.3) is 6.08 Å². The first-order valence-electron chi connectivity index (χ1n) is 11.2. The number of ether oxygens (including phenoxy) is 1. The van der Waals surface area contributed by atoms with Crippen LogP contribution in [0.2, 0.25) is 5.02 Å². The van der Waals surface area contributed by atoms with Crippen LogP contribution in [-0.4, -0.2) is 40.6 Å². The molecule has 0 bridgehead atoms. The highest BCUT2D eigenvalue weighted by Crippen LogP contribution is 2.40. The molecule has 6 nitrogen and oxygen atoms in total. The first-order valence-corrected chi connectivity index (χ1v) is 12.0. The summed E-state index contributed by atoms with van der Waals surface area (Å²) in [5, 5.41) is 11.8. The lowest BCUT2D eigenvalue weighted by Gasteiger charge is -2.28. The van der Waals surface area contributed by atoms with Crippen LogP contribution in [0.4, 0.5) is 5.69 Å². The molecule has 0 spiro atoms. The molecule has 0 saturated carbocycles. The number of rotatable bonds is 4. The smallest absolute Gasteiger partial charge is 0.325 e. The third-order valence-corrected chi connectivity index (χ3v) is 6.44. The van der Waals surface area contributed by atoms with E-state index < -0.39 is 5.97 Å². The van der Waals surface area contributed by atoms with Gasteiger partial charge in [0.2, 0.25) is 0 Å². The number of aromatic hydroxyl groups is 1. The second kappa shape index (κ2) is 9.63. The number of nitrogens with zero attached hydrogens (tertiary/aromatic N) is 2. The molecule has 1 amide bonds.